The fourth-order valence-electron chi connectivity index (χ4n) is 1.58. The standard InChI is InChI=1S/C13H15N2OS/c1-14(2)13(17)16-12-6-4-5-10-9-15(3)8-7-11(10)12/h4-9H,1-3H3/q+1. The number of hydrogen-bond donors (Lipinski definition) is 0. The van der Waals surface area contributed by atoms with Crippen LogP contribution in [0, 0.1) is 0 Å². The molecular formula is C13H15N2OS+. The van der Waals surface area contributed by atoms with Gasteiger partial charge in [0.25, 0.3) is 5.17 Å². The smallest absolute Gasteiger partial charge is 0.264 e. The minimum atomic E-state index is 0.464. The summed E-state index contributed by atoms with van der Waals surface area (Å²) < 4.78 is 7.69. The van der Waals surface area contributed by atoms with Crippen LogP contribution >= 0.6 is 12.2 Å². The number of ether oxygens (including phenoxy) is 1. The number of aromatic nitrogens is 1. The number of pyridine rings is 1. The van der Waals surface area contributed by atoms with E-state index in [9.17, 15) is 0 Å². The molecule has 0 N–H and O–H groups in total. The average molecular weight is 247 g/mol. The Labute approximate surface area is 106 Å². The first kappa shape index (κ1) is 11.8. The van der Waals surface area contributed by atoms with E-state index in [1.54, 1.807) is 4.90 Å². The fourth-order valence-corrected chi connectivity index (χ4v) is 1.67. The van der Waals surface area contributed by atoms with Gasteiger partial charge in [-0.1, -0.05) is 6.07 Å². The van der Waals surface area contributed by atoms with Crippen LogP contribution in [0.25, 0.3) is 10.8 Å². The summed E-state index contributed by atoms with van der Waals surface area (Å²) >= 11 is 5.15. The second kappa shape index (κ2) is 4.67. The topological polar surface area (TPSA) is 16.4 Å². The number of thiocarbonyl (C=S) groups is 1. The zero-order chi connectivity index (χ0) is 12.4. The number of nitrogens with zero attached hydrogens (tertiary/aromatic N) is 2. The minimum Gasteiger partial charge on any atom is -0.431 e. The van der Waals surface area contributed by atoms with Crippen LogP contribution in [0.2, 0.25) is 0 Å². The predicted octanol–water partition coefficient (Wildman–Crippen LogP) is 1.89. The third-order valence-corrected chi connectivity index (χ3v) is 2.93. The fraction of sp³-hybridized carbons (Fsp3) is 0.231. The summed E-state index contributed by atoms with van der Waals surface area (Å²) in [4.78, 5) is 1.77. The largest absolute Gasteiger partial charge is 0.431 e. The lowest BCUT2D eigenvalue weighted by atomic mass is 10.1. The van der Waals surface area contributed by atoms with Gasteiger partial charge in [-0.25, -0.2) is 4.57 Å². The van der Waals surface area contributed by atoms with Crippen LogP contribution in [-0.4, -0.2) is 24.2 Å². The SMILES string of the molecule is CN(C)C(=S)Oc1cccc2c[n+](C)ccc12. The lowest BCUT2D eigenvalue weighted by Crippen LogP contribution is -2.26. The Hall–Kier alpha value is -1.68. The van der Waals surface area contributed by atoms with Crippen LogP contribution in [0.4, 0.5) is 0 Å². The molecule has 1 aromatic carbocycles. The lowest BCUT2D eigenvalue weighted by Gasteiger charge is -2.14. The Kier molecular flexibility index (Phi) is 3.24. The van der Waals surface area contributed by atoms with E-state index in [1.165, 1.54) is 0 Å². The summed E-state index contributed by atoms with van der Waals surface area (Å²) in [7, 11) is 5.73. The van der Waals surface area contributed by atoms with E-state index in [1.807, 2.05) is 50.1 Å². The third kappa shape index (κ3) is 2.53. The van der Waals surface area contributed by atoms with Crippen LogP contribution in [0.15, 0.2) is 36.7 Å². The van der Waals surface area contributed by atoms with Gasteiger partial charge in [-0.05, 0) is 24.4 Å². The van der Waals surface area contributed by atoms with E-state index in [4.69, 9.17) is 17.0 Å². The number of aryl methyl sites for hydroxylation is 1. The second-order valence-electron chi connectivity index (χ2n) is 4.13. The molecule has 0 amide bonds. The van der Waals surface area contributed by atoms with Gasteiger partial charge >= 0.3 is 0 Å². The molecule has 0 fully saturated rings. The quantitative estimate of drug-likeness (QED) is 0.565. The molecule has 0 aliphatic carbocycles. The molecule has 88 valence electrons. The van der Waals surface area contributed by atoms with Crippen molar-refractivity contribution in [1.29, 1.82) is 0 Å². The highest BCUT2D eigenvalue weighted by molar-refractivity contribution is 7.80. The summed E-state index contributed by atoms with van der Waals surface area (Å²) in [6, 6.07) is 7.98. The van der Waals surface area contributed by atoms with Gasteiger partial charge in [0.2, 0.25) is 0 Å². The molecule has 0 spiro atoms. The molecule has 2 aromatic rings. The summed E-state index contributed by atoms with van der Waals surface area (Å²) in [5, 5.41) is 2.66. The van der Waals surface area contributed by atoms with E-state index >= 15 is 0 Å². The van der Waals surface area contributed by atoms with Crippen molar-refractivity contribution in [3.8, 4) is 5.75 Å². The van der Waals surface area contributed by atoms with E-state index < -0.39 is 0 Å². The molecule has 2 rings (SSSR count). The Morgan fingerprint density at radius 2 is 2.06 bits per heavy atom. The molecule has 3 nitrogen and oxygen atoms in total. The first-order valence-corrected chi connectivity index (χ1v) is 5.76. The van der Waals surface area contributed by atoms with Gasteiger partial charge in [0.1, 0.15) is 12.8 Å². The summed E-state index contributed by atoms with van der Waals surface area (Å²) in [5.41, 5.74) is 0. The maximum absolute atomic E-state index is 5.68. The van der Waals surface area contributed by atoms with Crippen molar-refractivity contribution >= 4 is 28.2 Å². The van der Waals surface area contributed by atoms with Gasteiger partial charge in [0.15, 0.2) is 12.4 Å². The van der Waals surface area contributed by atoms with Crippen molar-refractivity contribution in [3.05, 3.63) is 36.7 Å². The number of hydrogen-bond acceptors (Lipinski definition) is 2. The van der Waals surface area contributed by atoms with E-state index in [2.05, 4.69) is 12.3 Å². The highest BCUT2D eigenvalue weighted by Crippen LogP contribution is 2.24. The van der Waals surface area contributed by atoms with Crippen LogP contribution in [0.5, 0.6) is 5.75 Å². The molecule has 0 aliphatic rings. The van der Waals surface area contributed by atoms with Crippen molar-refractivity contribution in [1.82, 2.24) is 4.90 Å². The van der Waals surface area contributed by atoms with Gasteiger partial charge in [0, 0.05) is 30.9 Å². The Morgan fingerprint density at radius 1 is 1.29 bits per heavy atom. The normalized spacial score (nSPS) is 10.3. The van der Waals surface area contributed by atoms with Crippen molar-refractivity contribution in [2.75, 3.05) is 14.1 Å². The summed E-state index contributed by atoms with van der Waals surface area (Å²) in [5.74, 6) is 0.793. The molecule has 0 radical (unpaired) electrons. The minimum absolute atomic E-state index is 0.464. The van der Waals surface area contributed by atoms with Gasteiger partial charge in [-0.15, -0.1) is 0 Å². The Bertz CT molecular complexity index is 566. The molecule has 0 saturated heterocycles. The van der Waals surface area contributed by atoms with Crippen molar-refractivity contribution < 1.29 is 9.30 Å². The molecule has 0 atom stereocenters. The van der Waals surface area contributed by atoms with E-state index in [0.717, 1.165) is 16.5 Å². The predicted molar refractivity (Wildman–Crippen MR) is 72.0 cm³/mol. The van der Waals surface area contributed by atoms with Gasteiger partial charge in [-0.3, -0.25) is 0 Å². The lowest BCUT2D eigenvalue weighted by molar-refractivity contribution is -0.670. The molecule has 1 aromatic heterocycles. The molecule has 17 heavy (non-hydrogen) atoms. The molecular weight excluding hydrogens is 232 g/mol. The maximum Gasteiger partial charge on any atom is 0.264 e. The molecule has 0 unspecified atom stereocenters. The highest BCUT2D eigenvalue weighted by Gasteiger charge is 2.08. The van der Waals surface area contributed by atoms with E-state index in [-0.39, 0.29) is 0 Å². The second-order valence-corrected chi connectivity index (χ2v) is 4.48. The monoisotopic (exact) mass is 247 g/mol. The highest BCUT2D eigenvalue weighted by atomic mass is 32.1. The van der Waals surface area contributed by atoms with Crippen LogP contribution < -0.4 is 9.30 Å². The molecule has 0 bridgehead atoms. The Balaban J connectivity index is 2.44. The average Bonchev–Trinajstić information content (AvgIpc) is 2.28. The molecule has 0 aliphatic heterocycles. The van der Waals surface area contributed by atoms with Crippen LogP contribution in [0.1, 0.15) is 0 Å². The maximum atomic E-state index is 5.68. The zero-order valence-corrected chi connectivity index (χ0v) is 11.0. The van der Waals surface area contributed by atoms with Crippen LogP contribution in [0.3, 0.4) is 0 Å². The summed E-state index contributed by atoms with van der Waals surface area (Å²) in [6.45, 7) is 0. The van der Waals surface area contributed by atoms with Gasteiger partial charge in [-0.2, -0.15) is 0 Å². The molecule has 0 saturated carbocycles. The van der Waals surface area contributed by atoms with Crippen molar-refractivity contribution in [2.45, 2.75) is 0 Å². The van der Waals surface area contributed by atoms with Gasteiger partial charge in [0.05, 0.1) is 0 Å². The number of rotatable bonds is 1. The summed E-state index contributed by atoms with van der Waals surface area (Å²) in [6.07, 6.45) is 4.05. The Morgan fingerprint density at radius 3 is 2.76 bits per heavy atom. The molecule has 1 heterocycles. The first-order valence-electron chi connectivity index (χ1n) is 5.35. The van der Waals surface area contributed by atoms with Gasteiger partial charge < -0.3 is 9.64 Å². The third-order valence-electron chi connectivity index (χ3n) is 2.48. The zero-order valence-electron chi connectivity index (χ0n) is 10.2. The van der Waals surface area contributed by atoms with E-state index in [0.29, 0.717) is 5.17 Å². The van der Waals surface area contributed by atoms with Crippen LogP contribution in [-0.2, 0) is 7.05 Å². The molecule has 4 heteroatoms. The number of benzene rings is 1. The van der Waals surface area contributed by atoms with Crippen molar-refractivity contribution in [3.63, 3.8) is 0 Å². The number of fused-ring (bicyclic) bond motifs is 1. The first-order chi connectivity index (χ1) is 8.08. The van der Waals surface area contributed by atoms with Crippen molar-refractivity contribution in [2.24, 2.45) is 7.05 Å².